The standard InChI is InChI=1S/C11H12BrN/c1-13(2)11-6-8-3-4-10(12)5-9(8)7-11/h3-6H,7H2,1-2H3. The predicted octanol–water partition coefficient (Wildman–Crippen LogP) is 2.91. The van der Waals surface area contributed by atoms with Crippen LogP contribution in [0.3, 0.4) is 0 Å². The third-order valence-electron chi connectivity index (χ3n) is 2.37. The predicted molar refractivity (Wildman–Crippen MR) is 59.5 cm³/mol. The second-order valence-corrected chi connectivity index (χ2v) is 4.47. The Kier molecular flexibility index (Phi) is 2.16. The summed E-state index contributed by atoms with van der Waals surface area (Å²) in [5, 5.41) is 0. The molecular weight excluding hydrogens is 226 g/mol. The minimum atomic E-state index is 1.06. The fraction of sp³-hybridized carbons (Fsp3) is 0.273. The monoisotopic (exact) mass is 237 g/mol. The topological polar surface area (TPSA) is 3.24 Å². The van der Waals surface area contributed by atoms with E-state index >= 15 is 0 Å². The van der Waals surface area contributed by atoms with Gasteiger partial charge in [-0.05, 0) is 29.3 Å². The second-order valence-electron chi connectivity index (χ2n) is 3.55. The molecule has 2 rings (SSSR count). The van der Waals surface area contributed by atoms with Crippen LogP contribution in [0.15, 0.2) is 28.4 Å². The van der Waals surface area contributed by atoms with Gasteiger partial charge in [0.1, 0.15) is 0 Å². The van der Waals surface area contributed by atoms with Crippen molar-refractivity contribution in [1.29, 1.82) is 0 Å². The number of halogens is 1. The van der Waals surface area contributed by atoms with Crippen LogP contribution in [0.1, 0.15) is 11.1 Å². The Morgan fingerprint density at radius 3 is 2.77 bits per heavy atom. The van der Waals surface area contributed by atoms with Gasteiger partial charge >= 0.3 is 0 Å². The molecule has 0 aromatic heterocycles. The zero-order valence-corrected chi connectivity index (χ0v) is 9.43. The summed E-state index contributed by atoms with van der Waals surface area (Å²) in [5.41, 5.74) is 4.15. The molecule has 0 saturated heterocycles. The van der Waals surface area contributed by atoms with Gasteiger partial charge in [-0.2, -0.15) is 0 Å². The van der Waals surface area contributed by atoms with Gasteiger partial charge in [0.2, 0.25) is 0 Å². The van der Waals surface area contributed by atoms with E-state index in [1.54, 1.807) is 0 Å². The van der Waals surface area contributed by atoms with Crippen molar-refractivity contribution in [2.24, 2.45) is 0 Å². The molecule has 1 aliphatic carbocycles. The zero-order chi connectivity index (χ0) is 9.42. The van der Waals surface area contributed by atoms with Crippen LogP contribution in [0.25, 0.3) is 6.08 Å². The molecule has 1 nitrogen and oxygen atoms in total. The van der Waals surface area contributed by atoms with Gasteiger partial charge < -0.3 is 4.90 Å². The number of nitrogens with zero attached hydrogens (tertiary/aromatic N) is 1. The van der Waals surface area contributed by atoms with E-state index in [0.717, 1.165) is 6.42 Å². The maximum atomic E-state index is 3.49. The minimum absolute atomic E-state index is 1.06. The highest BCUT2D eigenvalue weighted by molar-refractivity contribution is 9.10. The maximum Gasteiger partial charge on any atom is 0.0178 e. The highest BCUT2D eigenvalue weighted by Crippen LogP contribution is 2.28. The van der Waals surface area contributed by atoms with Crippen molar-refractivity contribution in [2.45, 2.75) is 6.42 Å². The average Bonchev–Trinajstić information content (AvgIpc) is 2.46. The minimum Gasteiger partial charge on any atom is -0.381 e. The third-order valence-corrected chi connectivity index (χ3v) is 2.87. The number of hydrogen-bond donors (Lipinski definition) is 0. The Morgan fingerprint density at radius 1 is 1.31 bits per heavy atom. The molecule has 0 amide bonds. The summed E-state index contributed by atoms with van der Waals surface area (Å²) in [5.74, 6) is 0. The number of allylic oxidation sites excluding steroid dienone is 1. The summed E-state index contributed by atoms with van der Waals surface area (Å²) in [7, 11) is 4.18. The van der Waals surface area contributed by atoms with Crippen LogP contribution in [0.4, 0.5) is 0 Å². The Morgan fingerprint density at radius 2 is 2.08 bits per heavy atom. The highest BCUT2D eigenvalue weighted by atomic mass is 79.9. The van der Waals surface area contributed by atoms with E-state index in [9.17, 15) is 0 Å². The molecule has 0 unspecified atom stereocenters. The zero-order valence-electron chi connectivity index (χ0n) is 7.84. The lowest BCUT2D eigenvalue weighted by Crippen LogP contribution is -2.10. The van der Waals surface area contributed by atoms with E-state index in [4.69, 9.17) is 0 Å². The first kappa shape index (κ1) is 8.82. The van der Waals surface area contributed by atoms with Crippen LogP contribution < -0.4 is 0 Å². The summed E-state index contributed by atoms with van der Waals surface area (Å²) in [6, 6.07) is 6.45. The van der Waals surface area contributed by atoms with Gasteiger partial charge in [0.25, 0.3) is 0 Å². The third kappa shape index (κ3) is 1.63. The number of likely N-dealkylation sites (N-methyl/N-ethyl adjacent to an activating group) is 1. The van der Waals surface area contributed by atoms with Crippen LogP contribution in [-0.4, -0.2) is 19.0 Å². The fourth-order valence-corrected chi connectivity index (χ4v) is 1.99. The largest absolute Gasteiger partial charge is 0.381 e. The Labute approximate surface area is 87.2 Å². The molecule has 0 heterocycles. The smallest absolute Gasteiger partial charge is 0.0178 e. The lowest BCUT2D eigenvalue weighted by Gasteiger charge is -2.12. The van der Waals surface area contributed by atoms with E-state index < -0.39 is 0 Å². The lowest BCUT2D eigenvalue weighted by atomic mass is 10.1. The number of fused-ring (bicyclic) bond motifs is 1. The van der Waals surface area contributed by atoms with Crippen molar-refractivity contribution in [2.75, 3.05) is 14.1 Å². The number of benzene rings is 1. The highest BCUT2D eigenvalue weighted by Gasteiger charge is 2.13. The molecule has 0 bridgehead atoms. The molecule has 13 heavy (non-hydrogen) atoms. The van der Waals surface area contributed by atoms with Crippen LogP contribution in [0, 0.1) is 0 Å². The molecule has 0 N–H and O–H groups in total. The molecular formula is C11H12BrN. The number of rotatable bonds is 1. The molecule has 2 heteroatoms. The summed E-state index contributed by atoms with van der Waals surface area (Å²) in [6.45, 7) is 0. The second kappa shape index (κ2) is 3.18. The average molecular weight is 238 g/mol. The summed E-state index contributed by atoms with van der Waals surface area (Å²) in [6.07, 6.45) is 3.31. The van der Waals surface area contributed by atoms with Crippen LogP contribution in [0.5, 0.6) is 0 Å². The Hall–Kier alpha value is -0.760. The van der Waals surface area contributed by atoms with Crippen molar-refractivity contribution in [3.63, 3.8) is 0 Å². The van der Waals surface area contributed by atoms with Crippen molar-refractivity contribution in [1.82, 2.24) is 4.90 Å². The maximum absolute atomic E-state index is 3.49. The molecule has 0 spiro atoms. The van der Waals surface area contributed by atoms with Gasteiger partial charge in [-0.3, -0.25) is 0 Å². The molecule has 0 radical (unpaired) electrons. The van der Waals surface area contributed by atoms with E-state index in [2.05, 4.69) is 59.2 Å². The molecule has 1 aromatic rings. The van der Waals surface area contributed by atoms with Crippen molar-refractivity contribution >= 4 is 22.0 Å². The summed E-state index contributed by atoms with van der Waals surface area (Å²) in [4.78, 5) is 2.17. The van der Waals surface area contributed by atoms with Crippen LogP contribution in [0.2, 0.25) is 0 Å². The van der Waals surface area contributed by atoms with Gasteiger partial charge in [0.15, 0.2) is 0 Å². The molecule has 68 valence electrons. The summed E-state index contributed by atoms with van der Waals surface area (Å²) < 4.78 is 1.17. The van der Waals surface area contributed by atoms with E-state index in [0.29, 0.717) is 0 Å². The van der Waals surface area contributed by atoms with E-state index in [-0.39, 0.29) is 0 Å². The Bertz CT molecular complexity index is 366. The Balaban J connectivity index is 2.36. The quantitative estimate of drug-likeness (QED) is 0.727. The van der Waals surface area contributed by atoms with Gasteiger partial charge in [0, 0.05) is 30.7 Å². The molecule has 0 atom stereocenters. The first-order chi connectivity index (χ1) is 6.16. The van der Waals surface area contributed by atoms with Crippen molar-refractivity contribution in [3.8, 4) is 0 Å². The lowest BCUT2D eigenvalue weighted by molar-refractivity contribution is 0.507. The summed E-state index contributed by atoms with van der Waals surface area (Å²) >= 11 is 3.49. The molecule has 0 aliphatic heterocycles. The SMILES string of the molecule is CN(C)C1=Cc2ccc(Br)cc2C1. The van der Waals surface area contributed by atoms with Crippen LogP contribution >= 0.6 is 15.9 Å². The first-order valence-electron chi connectivity index (χ1n) is 4.33. The molecule has 0 fully saturated rings. The normalized spacial score (nSPS) is 13.9. The van der Waals surface area contributed by atoms with Gasteiger partial charge in [-0.15, -0.1) is 0 Å². The number of hydrogen-bond acceptors (Lipinski definition) is 1. The molecule has 0 saturated carbocycles. The first-order valence-corrected chi connectivity index (χ1v) is 5.12. The van der Waals surface area contributed by atoms with Crippen molar-refractivity contribution in [3.05, 3.63) is 39.5 Å². The van der Waals surface area contributed by atoms with Gasteiger partial charge in [-0.1, -0.05) is 22.0 Å². The fourth-order valence-electron chi connectivity index (χ4n) is 1.58. The van der Waals surface area contributed by atoms with Gasteiger partial charge in [-0.25, -0.2) is 0 Å². The van der Waals surface area contributed by atoms with Gasteiger partial charge in [0.05, 0.1) is 0 Å². The van der Waals surface area contributed by atoms with E-state index in [1.807, 2.05) is 0 Å². The van der Waals surface area contributed by atoms with E-state index in [1.165, 1.54) is 21.3 Å². The molecule has 1 aliphatic rings. The van der Waals surface area contributed by atoms with Crippen molar-refractivity contribution < 1.29 is 0 Å². The molecule has 1 aromatic carbocycles. The van der Waals surface area contributed by atoms with Crippen LogP contribution in [-0.2, 0) is 6.42 Å².